The van der Waals surface area contributed by atoms with Gasteiger partial charge in [0.2, 0.25) is 0 Å². The molecule has 2 unspecified atom stereocenters. The molecule has 0 aliphatic heterocycles. The maximum Gasteiger partial charge on any atom is 0.166 e. The van der Waals surface area contributed by atoms with Crippen molar-refractivity contribution in [2.45, 2.75) is 51.7 Å². The first kappa shape index (κ1) is 14.1. The van der Waals surface area contributed by atoms with Gasteiger partial charge in [-0.05, 0) is 45.2 Å². The summed E-state index contributed by atoms with van der Waals surface area (Å²) in [5.41, 5.74) is 6.71. The van der Waals surface area contributed by atoms with Crippen molar-refractivity contribution < 1.29 is 9.53 Å². The number of benzene rings is 1. The van der Waals surface area contributed by atoms with Gasteiger partial charge in [-0.15, -0.1) is 0 Å². The van der Waals surface area contributed by atoms with Crippen LogP contribution in [-0.4, -0.2) is 17.9 Å². The Morgan fingerprint density at radius 1 is 1.37 bits per heavy atom. The van der Waals surface area contributed by atoms with Crippen LogP contribution < -0.4 is 10.5 Å². The molecule has 0 spiro atoms. The highest BCUT2D eigenvalue weighted by Crippen LogP contribution is 2.27. The number of rotatable bonds is 4. The van der Waals surface area contributed by atoms with E-state index in [0.717, 1.165) is 37.0 Å². The van der Waals surface area contributed by atoms with E-state index in [2.05, 4.69) is 0 Å². The Balaban J connectivity index is 2.10. The zero-order valence-electron chi connectivity index (χ0n) is 11.8. The lowest BCUT2D eigenvalue weighted by molar-refractivity contribution is 0.0881. The van der Waals surface area contributed by atoms with Crippen molar-refractivity contribution in [2.75, 3.05) is 0 Å². The molecule has 0 aromatic heterocycles. The summed E-state index contributed by atoms with van der Waals surface area (Å²) in [6, 6.07) is 7.67. The standard InChI is InChI=1S/C16H23NO2/c1-11(2)19-15-8-4-6-13(10-15)16(18)12-5-3-7-14(17)9-12/h4,6,8,10-12,14H,3,5,7,9,17H2,1-2H3. The maximum atomic E-state index is 12.5. The van der Waals surface area contributed by atoms with Crippen LogP contribution in [0, 0.1) is 5.92 Å². The predicted octanol–water partition coefficient (Wildman–Crippen LogP) is 3.17. The summed E-state index contributed by atoms with van der Waals surface area (Å²) >= 11 is 0. The number of nitrogens with two attached hydrogens (primary N) is 1. The van der Waals surface area contributed by atoms with E-state index in [4.69, 9.17) is 10.5 Å². The largest absolute Gasteiger partial charge is 0.491 e. The number of hydrogen-bond donors (Lipinski definition) is 1. The molecule has 1 fully saturated rings. The quantitative estimate of drug-likeness (QED) is 0.847. The van der Waals surface area contributed by atoms with Crippen LogP contribution in [0.1, 0.15) is 49.9 Å². The van der Waals surface area contributed by atoms with E-state index in [-0.39, 0.29) is 23.8 Å². The van der Waals surface area contributed by atoms with E-state index in [1.54, 1.807) is 0 Å². The average Bonchev–Trinajstić information content (AvgIpc) is 2.37. The maximum absolute atomic E-state index is 12.5. The van der Waals surface area contributed by atoms with E-state index in [9.17, 15) is 4.79 Å². The lowest BCUT2D eigenvalue weighted by Gasteiger charge is -2.25. The topological polar surface area (TPSA) is 52.3 Å². The summed E-state index contributed by atoms with van der Waals surface area (Å²) in [6.07, 6.45) is 3.99. The smallest absolute Gasteiger partial charge is 0.166 e. The molecule has 104 valence electrons. The summed E-state index contributed by atoms with van der Waals surface area (Å²) in [5, 5.41) is 0. The van der Waals surface area contributed by atoms with Crippen molar-refractivity contribution in [3.8, 4) is 5.75 Å². The summed E-state index contributed by atoms with van der Waals surface area (Å²) in [4.78, 5) is 12.5. The van der Waals surface area contributed by atoms with Gasteiger partial charge in [0.25, 0.3) is 0 Å². The normalized spacial score (nSPS) is 23.4. The van der Waals surface area contributed by atoms with Gasteiger partial charge < -0.3 is 10.5 Å². The lowest BCUT2D eigenvalue weighted by atomic mass is 9.81. The number of carbonyl (C=O) groups excluding carboxylic acids is 1. The summed E-state index contributed by atoms with van der Waals surface area (Å²) < 4.78 is 5.64. The minimum absolute atomic E-state index is 0.0815. The van der Waals surface area contributed by atoms with Gasteiger partial charge in [-0.3, -0.25) is 4.79 Å². The Morgan fingerprint density at radius 3 is 2.84 bits per heavy atom. The highest BCUT2D eigenvalue weighted by atomic mass is 16.5. The number of ether oxygens (including phenoxy) is 1. The second-order valence-electron chi connectivity index (χ2n) is 5.68. The summed E-state index contributed by atoms with van der Waals surface area (Å²) in [6.45, 7) is 3.96. The van der Waals surface area contributed by atoms with Crippen LogP contribution in [0.3, 0.4) is 0 Å². The van der Waals surface area contributed by atoms with Crippen LogP contribution in [0.4, 0.5) is 0 Å². The van der Waals surface area contributed by atoms with Gasteiger partial charge in [-0.1, -0.05) is 18.6 Å². The third kappa shape index (κ3) is 3.80. The number of hydrogen-bond acceptors (Lipinski definition) is 3. The fourth-order valence-corrected chi connectivity index (χ4v) is 2.70. The lowest BCUT2D eigenvalue weighted by Crippen LogP contribution is -2.31. The fraction of sp³-hybridized carbons (Fsp3) is 0.562. The third-order valence-corrected chi connectivity index (χ3v) is 3.58. The molecular weight excluding hydrogens is 238 g/mol. The van der Waals surface area contributed by atoms with Gasteiger partial charge in [0.1, 0.15) is 5.75 Å². The minimum Gasteiger partial charge on any atom is -0.491 e. The number of ketones is 1. The van der Waals surface area contributed by atoms with E-state index in [1.807, 2.05) is 38.1 Å². The molecule has 1 aromatic carbocycles. The van der Waals surface area contributed by atoms with Gasteiger partial charge >= 0.3 is 0 Å². The molecule has 1 aliphatic rings. The Labute approximate surface area is 115 Å². The zero-order valence-corrected chi connectivity index (χ0v) is 11.8. The molecule has 0 heterocycles. The van der Waals surface area contributed by atoms with E-state index < -0.39 is 0 Å². The van der Waals surface area contributed by atoms with Gasteiger partial charge in [-0.2, -0.15) is 0 Å². The first-order valence-electron chi connectivity index (χ1n) is 7.13. The van der Waals surface area contributed by atoms with Crippen molar-refractivity contribution in [1.82, 2.24) is 0 Å². The van der Waals surface area contributed by atoms with Gasteiger partial charge in [0.05, 0.1) is 6.10 Å². The molecule has 3 heteroatoms. The van der Waals surface area contributed by atoms with E-state index >= 15 is 0 Å². The SMILES string of the molecule is CC(C)Oc1cccc(C(=O)C2CCCC(N)C2)c1. The Hall–Kier alpha value is -1.35. The fourth-order valence-electron chi connectivity index (χ4n) is 2.70. The van der Waals surface area contributed by atoms with Crippen LogP contribution in [0.5, 0.6) is 5.75 Å². The molecule has 2 rings (SSSR count). The predicted molar refractivity (Wildman–Crippen MR) is 76.5 cm³/mol. The number of carbonyl (C=O) groups is 1. The molecular formula is C16H23NO2. The van der Waals surface area contributed by atoms with Crippen molar-refractivity contribution in [3.63, 3.8) is 0 Å². The molecule has 3 nitrogen and oxygen atoms in total. The van der Waals surface area contributed by atoms with Gasteiger partial charge in [0, 0.05) is 17.5 Å². The Morgan fingerprint density at radius 2 is 2.16 bits per heavy atom. The van der Waals surface area contributed by atoms with E-state index in [0.29, 0.717) is 0 Å². The molecule has 2 N–H and O–H groups in total. The van der Waals surface area contributed by atoms with Gasteiger partial charge in [0.15, 0.2) is 5.78 Å². The molecule has 0 saturated heterocycles. The van der Waals surface area contributed by atoms with Gasteiger partial charge in [-0.25, -0.2) is 0 Å². The van der Waals surface area contributed by atoms with Crippen LogP contribution in [0.25, 0.3) is 0 Å². The van der Waals surface area contributed by atoms with Crippen LogP contribution >= 0.6 is 0 Å². The van der Waals surface area contributed by atoms with E-state index in [1.165, 1.54) is 0 Å². The molecule has 0 radical (unpaired) electrons. The monoisotopic (exact) mass is 261 g/mol. The Bertz CT molecular complexity index is 442. The highest BCUT2D eigenvalue weighted by molar-refractivity contribution is 5.98. The molecule has 0 amide bonds. The molecule has 1 aromatic rings. The van der Waals surface area contributed by atoms with Crippen molar-refractivity contribution in [2.24, 2.45) is 11.7 Å². The van der Waals surface area contributed by atoms with Crippen molar-refractivity contribution in [1.29, 1.82) is 0 Å². The van der Waals surface area contributed by atoms with Crippen molar-refractivity contribution in [3.05, 3.63) is 29.8 Å². The molecule has 0 bridgehead atoms. The summed E-state index contributed by atoms with van der Waals surface area (Å²) in [7, 11) is 0. The zero-order chi connectivity index (χ0) is 13.8. The Kier molecular flexibility index (Phi) is 4.59. The molecule has 1 saturated carbocycles. The second-order valence-corrected chi connectivity index (χ2v) is 5.68. The molecule has 1 aliphatic carbocycles. The van der Waals surface area contributed by atoms with Crippen LogP contribution in [0.15, 0.2) is 24.3 Å². The first-order valence-corrected chi connectivity index (χ1v) is 7.13. The second kappa shape index (κ2) is 6.20. The minimum atomic E-state index is 0.0815. The summed E-state index contributed by atoms with van der Waals surface area (Å²) in [5.74, 6) is 1.06. The van der Waals surface area contributed by atoms with Crippen molar-refractivity contribution >= 4 is 5.78 Å². The number of Topliss-reactive ketones (excluding diaryl/α,β-unsaturated/α-hetero) is 1. The highest BCUT2D eigenvalue weighted by Gasteiger charge is 2.26. The molecule has 2 atom stereocenters. The van der Waals surface area contributed by atoms with Crippen LogP contribution in [-0.2, 0) is 0 Å². The van der Waals surface area contributed by atoms with Crippen LogP contribution in [0.2, 0.25) is 0 Å². The first-order chi connectivity index (χ1) is 9.06. The molecule has 19 heavy (non-hydrogen) atoms. The average molecular weight is 261 g/mol. The third-order valence-electron chi connectivity index (χ3n) is 3.58.